The lowest BCUT2D eigenvalue weighted by Crippen LogP contribution is -2.44. The summed E-state index contributed by atoms with van der Waals surface area (Å²) in [5.41, 5.74) is 2.01. The van der Waals surface area contributed by atoms with Gasteiger partial charge in [0.05, 0.1) is 6.61 Å². The van der Waals surface area contributed by atoms with Crippen LogP contribution in [0.2, 0.25) is 0 Å². The van der Waals surface area contributed by atoms with E-state index >= 15 is 0 Å². The minimum Gasteiger partial charge on any atom is -0.489 e. The Labute approximate surface area is 161 Å². The summed E-state index contributed by atoms with van der Waals surface area (Å²) in [6.45, 7) is 3.72. The summed E-state index contributed by atoms with van der Waals surface area (Å²) in [4.78, 5) is 12.2. The van der Waals surface area contributed by atoms with Crippen molar-refractivity contribution in [2.75, 3.05) is 12.9 Å². The molecule has 0 fully saturated rings. The van der Waals surface area contributed by atoms with Crippen LogP contribution in [0.3, 0.4) is 0 Å². The molecule has 0 saturated carbocycles. The van der Waals surface area contributed by atoms with Gasteiger partial charge in [-0.25, -0.2) is 8.42 Å². The number of hydrogen-bond acceptors (Lipinski definition) is 5. The van der Waals surface area contributed by atoms with Crippen LogP contribution in [-0.2, 0) is 32.4 Å². The maximum atomic E-state index is 12.2. The molecule has 0 bridgehead atoms. The summed E-state index contributed by atoms with van der Waals surface area (Å²) < 4.78 is 33.5. The molecule has 27 heavy (non-hydrogen) atoms. The van der Waals surface area contributed by atoms with Crippen LogP contribution >= 0.6 is 0 Å². The maximum absolute atomic E-state index is 12.2. The number of sulfone groups is 1. The van der Waals surface area contributed by atoms with Gasteiger partial charge < -0.3 is 9.47 Å². The van der Waals surface area contributed by atoms with Gasteiger partial charge in [0.1, 0.15) is 12.4 Å². The Hall–Kier alpha value is -2.34. The van der Waals surface area contributed by atoms with Gasteiger partial charge in [-0.05, 0) is 49.9 Å². The monoisotopic (exact) mass is 390 g/mol. The standard InChI is InChI=1S/C21H26O5S/c1-4-25-20(22)21(2,27(3,23)24)15-14-17-10-12-19(13-11-17)26-16-18-8-6-5-7-9-18/h5-13H,4,14-16H2,1-3H3. The summed E-state index contributed by atoms with van der Waals surface area (Å²) in [7, 11) is -3.60. The number of rotatable bonds is 9. The predicted octanol–water partition coefficient (Wildman–Crippen LogP) is 3.56. The fraction of sp³-hybridized carbons (Fsp3) is 0.381. The number of esters is 1. The lowest BCUT2D eigenvalue weighted by molar-refractivity contribution is -0.146. The molecular formula is C21H26O5S. The minimum atomic E-state index is -3.60. The lowest BCUT2D eigenvalue weighted by Gasteiger charge is -2.25. The third-order valence-corrected chi connectivity index (χ3v) is 6.60. The highest BCUT2D eigenvalue weighted by atomic mass is 32.2. The van der Waals surface area contributed by atoms with Crippen molar-refractivity contribution in [3.63, 3.8) is 0 Å². The molecule has 0 aromatic heterocycles. The number of carbonyl (C=O) groups is 1. The summed E-state index contributed by atoms with van der Waals surface area (Å²) in [5, 5.41) is 0. The second kappa shape index (κ2) is 9.04. The third kappa shape index (κ3) is 5.57. The molecule has 0 N–H and O–H groups in total. The van der Waals surface area contributed by atoms with E-state index in [0.717, 1.165) is 23.1 Å². The Bertz CT molecular complexity index is 844. The third-order valence-electron chi connectivity index (χ3n) is 4.59. The fourth-order valence-corrected chi connectivity index (χ4v) is 3.43. The Morgan fingerprint density at radius 2 is 1.63 bits per heavy atom. The normalized spacial score (nSPS) is 13.6. The molecule has 2 aromatic rings. The van der Waals surface area contributed by atoms with E-state index in [9.17, 15) is 13.2 Å². The van der Waals surface area contributed by atoms with Crippen LogP contribution in [0.4, 0.5) is 0 Å². The molecule has 0 saturated heterocycles. The molecule has 1 unspecified atom stereocenters. The molecule has 1 atom stereocenters. The topological polar surface area (TPSA) is 69.7 Å². The van der Waals surface area contributed by atoms with Gasteiger partial charge in [-0.2, -0.15) is 0 Å². The predicted molar refractivity (Wildman–Crippen MR) is 105 cm³/mol. The van der Waals surface area contributed by atoms with Gasteiger partial charge in [-0.1, -0.05) is 42.5 Å². The molecule has 146 valence electrons. The van der Waals surface area contributed by atoms with Gasteiger partial charge in [0.2, 0.25) is 0 Å². The highest BCUT2D eigenvalue weighted by Crippen LogP contribution is 2.26. The Morgan fingerprint density at radius 1 is 1.00 bits per heavy atom. The second-order valence-electron chi connectivity index (χ2n) is 6.64. The number of hydrogen-bond donors (Lipinski definition) is 0. The Morgan fingerprint density at radius 3 is 2.19 bits per heavy atom. The van der Waals surface area contributed by atoms with Crippen molar-refractivity contribution in [3.8, 4) is 5.75 Å². The summed E-state index contributed by atoms with van der Waals surface area (Å²) in [6, 6.07) is 17.3. The van der Waals surface area contributed by atoms with E-state index in [1.165, 1.54) is 6.92 Å². The van der Waals surface area contributed by atoms with E-state index in [0.29, 0.717) is 13.0 Å². The molecule has 0 amide bonds. The van der Waals surface area contributed by atoms with Crippen molar-refractivity contribution >= 4 is 15.8 Å². The summed E-state index contributed by atoms with van der Waals surface area (Å²) in [6.07, 6.45) is 1.68. The molecule has 0 aliphatic heterocycles. The van der Waals surface area contributed by atoms with Crippen molar-refractivity contribution in [1.29, 1.82) is 0 Å². The van der Waals surface area contributed by atoms with E-state index in [4.69, 9.17) is 9.47 Å². The zero-order valence-electron chi connectivity index (χ0n) is 16.0. The Balaban J connectivity index is 1.99. The van der Waals surface area contributed by atoms with Gasteiger partial charge in [0, 0.05) is 6.26 Å². The van der Waals surface area contributed by atoms with Crippen LogP contribution in [0.1, 0.15) is 31.4 Å². The molecule has 6 heteroatoms. The summed E-state index contributed by atoms with van der Waals surface area (Å²) in [5.74, 6) is 0.0363. The van der Waals surface area contributed by atoms with Crippen LogP contribution in [0.25, 0.3) is 0 Å². The number of ether oxygens (including phenoxy) is 2. The zero-order chi connectivity index (χ0) is 19.9. The van der Waals surface area contributed by atoms with Crippen LogP contribution < -0.4 is 4.74 Å². The first-order valence-electron chi connectivity index (χ1n) is 8.89. The highest BCUT2D eigenvalue weighted by molar-refractivity contribution is 7.92. The van der Waals surface area contributed by atoms with Gasteiger partial charge in [0.15, 0.2) is 14.6 Å². The lowest BCUT2D eigenvalue weighted by atomic mass is 10.00. The van der Waals surface area contributed by atoms with E-state index < -0.39 is 20.6 Å². The quantitative estimate of drug-likeness (QED) is 0.612. The number of aryl methyl sites for hydroxylation is 1. The molecule has 0 aliphatic carbocycles. The molecule has 2 aromatic carbocycles. The molecule has 0 heterocycles. The smallest absolute Gasteiger partial charge is 0.327 e. The van der Waals surface area contributed by atoms with E-state index in [1.807, 2.05) is 54.6 Å². The van der Waals surface area contributed by atoms with Gasteiger partial charge in [0.25, 0.3) is 0 Å². The average Bonchev–Trinajstić information content (AvgIpc) is 2.65. The zero-order valence-corrected chi connectivity index (χ0v) is 16.8. The maximum Gasteiger partial charge on any atom is 0.327 e. The molecular weight excluding hydrogens is 364 g/mol. The van der Waals surface area contributed by atoms with E-state index in [-0.39, 0.29) is 13.0 Å². The van der Waals surface area contributed by atoms with Crippen LogP contribution in [-0.4, -0.2) is 32.0 Å². The molecule has 2 rings (SSSR count). The first-order valence-corrected chi connectivity index (χ1v) is 10.8. The first kappa shape index (κ1) is 21.0. The summed E-state index contributed by atoms with van der Waals surface area (Å²) >= 11 is 0. The highest BCUT2D eigenvalue weighted by Gasteiger charge is 2.44. The van der Waals surface area contributed by atoms with Crippen LogP contribution in [0, 0.1) is 0 Å². The van der Waals surface area contributed by atoms with Gasteiger partial charge >= 0.3 is 5.97 Å². The van der Waals surface area contributed by atoms with Crippen molar-refractivity contribution in [2.45, 2.75) is 38.0 Å². The van der Waals surface area contributed by atoms with Crippen molar-refractivity contribution < 1.29 is 22.7 Å². The second-order valence-corrected chi connectivity index (χ2v) is 9.09. The molecule has 0 aliphatic rings. The molecule has 0 spiro atoms. The number of carbonyl (C=O) groups excluding carboxylic acids is 1. The van der Waals surface area contributed by atoms with Crippen LogP contribution in [0.15, 0.2) is 54.6 Å². The van der Waals surface area contributed by atoms with Gasteiger partial charge in [-0.3, -0.25) is 4.79 Å². The first-order chi connectivity index (χ1) is 12.8. The average molecular weight is 391 g/mol. The molecule has 5 nitrogen and oxygen atoms in total. The molecule has 0 radical (unpaired) electrons. The number of benzene rings is 2. The SMILES string of the molecule is CCOC(=O)C(C)(CCc1ccc(OCc2ccccc2)cc1)S(C)(=O)=O. The van der Waals surface area contributed by atoms with E-state index in [1.54, 1.807) is 6.92 Å². The minimum absolute atomic E-state index is 0.150. The Kier molecular flexibility index (Phi) is 7.02. The van der Waals surface area contributed by atoms with Crippen molar-refractivity contribution in [1.82, 2.24) is 0 Å². The van der Waals surface area contributed by atoms with Gasteiger partial charge in [-0.15, -0.1) is 0 Å². The fourth-order valence-electron chi connectivity index (χ4n) is 2.60. The van der Waals surface area contributed by atoms with Crippen molar-refractivity contribution in [2.24, 2.45) is 0 Å². The van der Waals surface area contributed by atoms with Crippen LogP contribution in [0.5, 0.6) is 5.75 Å². The van der Waals surface area contributed by atoms with Crippen molar-refractivity contribution in [3.05, 3.63) is 65.7 Å². The van der Waals surface area contributed by atoms with E-state index in [2.05, 4.69) is 0 Å². The largest absolute Gasteiger partial charge is 0.489 e.